The van der Waals surface area contributed by atoms with Crippen LogP contribution in [0.2, 0.25) is 0 Å². The Hall–Kier alpha value is 0.870. The van der Waals surface area contributed by atoms with Crippen molar-refractivity contribution in [1.82, 2.24) is 4.31 Å². The molecule has 4 nitrogen and oxygen atoms in total. The Labute approximate surface area is 83.8 Å². The second-order valence-corrected chi connectivity index (χ2v) is 2.91. The number of hydrogen-bond acceptors (Lipinski definition) is 3. The summed E-state index contributed by atoms with van der Waals surface area (Å²) in [6.45, 7) is 3.75. The zero-order valence-corrected chi connectivity index (χ0v) is 9.31. The van der Waals surface area contributed by atoms with Crippen LogP contribution in [0.5, 0.6) is 0 Å². The van der Waals surface area contributed by atoms with Crippen LogP contribution in [-0.4, -0.2) is 30.4 Å². The maximum absolute atomic E-state index is 10.2. The Bertz CT molecular complexity index is 163. The maximum atomic E-state index is 10.2. The van der Waals surface area contributed by atoms with Gasteiger partial charge in [0.05, 0.1) is 0 Å². The molecule has 10 heavy (non-hydrogen) atoms. The van der Waals surface area contributed by atoms with E-state index in [1.165, 1.54) is 0 Å². The van der Waals surface area contributed by atoms with Crippen molar-refractivity contribution in [2.24, 2.45) is 0 Å². The summed E-state index contributed by atoms with van der Waals surface area (Å²) in [5.41, 5.74) is 0. The van der Waals surface area contributed by atoms with E-state index in [9.17, 15) is 13.0 Å². The average Bonchev–Trinajstić information content (AvgIpc) is 1.65. The predicted octanol–water partition coefficient (Wildman–Crippen LogP) is -3.21. The van der Waals surface area contributed by atoms with Crippen molar-refractivity contribution in [2.75, 3.05) is 13.1 Å². The van der Waals surface area contributed by atoms with Crippen molar-refractivity contribution >= 4 is 10.3 Å². The first-order chi connectivity index (χ1) is 4.02. The minimum absolute atomic E-state index is 0. The van der Waals surface area contributed by atoms with Gasteiger partial charge in [-0.2, -0.15) is 0 Å². The summed E-state index contributed by atoms with van der Waals surface area (Å²) in [7, 11) is -4.18. The summed E-state index contributed by atoms with van der Waals surface area (Å²) < 4.78 is 31.3. The van der Waals surface area contributed by atoms with E-state index < -0.39 is 10.3 Å². The van der Waals surface area contributed by atoms with Crippen molar-refractivity contribution in [2.45, 2.75) is 13.8 Å². The molecule has 0 amide bonds. The Balaban J connectivity index is 0. The Morgan fingerprint density at radius 2 is 1.60 bits per heavy atom. The van der Waals surface area contributed by atoms with Gasteiger partial charge in [0.15, 0.2) is 10.3 Å². The van der Waals surface area contributed by atoms with Crippen LogP contribution < -0.4 is 29.6 Å². The third kappa shape index (κ3) is 4.65. The zero-order chi connectivity index (χ0) is 7.49. The molecule has 0 saturated heterocycles. The first kappa shape index (κ1) is 13.5. The Kier molecular flexibility index (Phi) is 7.42. The first-order valence-electron chi connectivity index (χ1n) is 2.73. The van der Waals surface area contributed by atoms with Gasteiger partial charge in [-0.15, -0.1) is 0 Å². The topological polar surface area (TPSA) is 60.4 Å². The van der Waals surface area contributed by atoms with Gasteiger partial charge in [-0.05, 0) is 0 Å². The van der Waals surface area contributed by atoms with Gasteiger partial charge in [0, 0.05) is 13.1 Å². The van der Waals surface area contributed by atoms with E-state index in [2.05, 4.69) is 0 Å². The fourth-order valence-corrected chi connectivity index (χ4v) is 1.17. The molecule has 0 radical (unpaired) electrons. The molecule has 0 N–H and O–H groups in total. The van der Waals surface area contributed by atoms with E-state index in [0.717, 1.165) is 4.31 Å². The van der Waals surface area contributed by atoms with Crippen LogP contribution in [0, 0.1) is 0 Å². The molecule has 0 aromatic heterocycles. The van der Waals surface area contributed by atoms with E-state index in [1.807, 2.05) is 0 Å². The Morgan fingerprint density at radius 3 is 1.60 bits per heavy atom. The first-order valence-corrected chi connectivity index (χ1v) is 4.09. The van der Waals surface area contributed by atoms with E-state index in [1.54, 1.807) is 13.8 Å². The second kappa shape index (κ2) is 5.51. The van der Waals surface area contributed by atoms with Crippen LogP contribution in [0.25, 0.3) is 0 Å². The molecule has 0 aromatic carbocycles. The molecule has 0 aromatic rings. The molecule has 6 heteroatoms. The van der Waals surface area contributed by atoms with E-state index in [-0.39, 0.29) is 42.6 Å². The summed E-state index contributed by atoms with van der Waals surface area (Å²) in [4.78, 5) is 0. The monoisotopic (exact) mass is 175 g/mol. The van der Waals surface area contributed by atoms with Crippen molar-refractivity contribution in [3.8, 4) is 0 Å². The molecule has 0 aliphatic heterocycles. The minimum Gasteiger partial charge on any atom is -0.735 e. The van der Waals surface area contributed by atoms with Crippen LogP contribution in [0.15, 0.2) is 0 Å². The molecule has 0 rings (SSSR count). The molecule has 56 valence electrons. The molecule has 0 aliphatic carbocycles. The van der Waals surface area contributed by atoms with Crippen molar-refractivity contribution in [3.05, 3.63) is 0 Å². The SMILES string of the molecule is CCN(CC)S(=O)(=O)[O-].[Na+]. The quantitative estimate of drug-likeness (QED) is 0.335. The molecular weight excluding hydrogens is 165 g/mol. The van der Waals surface area contributed by atoms with Gasteiger partial charge in [-0.1, -0.05) is 13.8 Å². The van der Waals surface area contributed by atoms with E-state index >= 15 is 0 Å². The van der Waals surface area contributed by atoms with Crippen molar-refractivity contribution < 1.29 is 42.5 Å². The van der Waals surface area contributed by atoms with Crippen LogP contribution in [-0.2, 0) is 10.3 Å². The normalized spacial score (nSPS) is 11.2. The summed E-state index contributed by atoms with van der Waals surface area (Å²) in [6, 6.07) is 0. The summed E-state index contributed by atoms with van der Waals surface area (Å²) >= 11 is 0. The number of nitrogens with zero attached hydrogens (tertiary/aromatic N) is 1. The maximum Gasteiger partial charge on any atom is 1.00 e. The predicted molar refractivity (Wildman–Crippen MR) is 32.6 cm³/mol. The smallest absolute Gasteiger partial charge is 0.735 e. The summed E-state index contributed by atoms with van der Waals surface area (Å²) in [5.74, 6) is 0. The van der Waals surface area contributed by atoms with Gasteiger partial charge in [0.25, 0.3) is 0 Å². The van der Waals surface area contributed by atoms with Crippen LogP contribution >= 0.6 is 0 Å². The average molecular weight is 175 g/mol. The third-order valence-corrected chi connectivity index (χ3v) is 2.17. The summed E-state index contributed by atoms with van der Waals surface area (Å²) in [5, 5.41) is 0. The van der Waals surface area contributed by atoms with Gasteiger partial charge in [-0.3, -0.25) is 0 Å². The fraction of sp³-hybridized carbons (Fsp3) is 1.00. The molecule has 0 heterocycles. The fourth-order valence-electron chi connectivity index (χ4n) is 0.540. The van der Waals surface area contributed by atoms with E-state index in [0.29, 0.717) is 0 Å². The molecule has 0 unspecified atom stereocenters. The zero-order valence-electron chi connectivity index (χ0n) is 6.49. The molecule has 0 atom stereocenters. The summed E-state index contributed by atoms with van der Waals surface area (Å²) in [6.07, 6.45) is 0. The molecule has 0 aliphatic rings. The molecule has 0 fully saturated rings. The van der Waals surface area contributed by atoms with Gasteiger partial charge in [0.1, 0.15) is 0 Å². The van der Waals surface area contributed by atoms with Gasteiger partial charge < -0.3 is 4.55 Å². The van der Waals surface area contributed by atoms with Gasteiger partial charge in [-0.25, -0.2) is 12.7 Å². The van der Waals surface area contributed by atoms with Crippen molar-refractivity contribution in [3.63, 3.8) is 0 Å². The number of hydrogen-bond donors (Lipinski definition) is 0. The van der Waals surface area contributed by atoms with Gasteiger partial charge >= 0.3 is 29.6 Å². The van der Waals surface area contributed by atoms with Gasteiger partial charge in [0.2, 0.25) is 0 Å². The third-order valence-electron chi connectivity index (χ3n) is 1.02. The molecule has 0 bridgehead atoms. The minimum atomic E-state index is -4.18. The molecular formula is C4H10NNaO3S. The van der Waals surface area contributed by atoms with Crippen LogP contribution in [0.3, 0.4) is 0 Å². The van der Waals surface area contributed by atoms with Crippen molar-refractivity contribution in [1.29, 1.82) is 0 Å². The van der Waals surface area contributed by atoms with E-state index in [4.69, 9.17) is 0 Å². The Morgan fingerprint density at radius 1 is 1.30 bits per heavy atom. The molecule has 0 saturated carbocycles. The largest absolute Gasteiger partial charge is 1.00 e. The molecule has 0 spiro atoms. The number of rotatable bonds is 3. The van der Waals surface area contributed by atoms with Crippen LogP contribution in [0.1, 0.15) is 13.8 Å². The second-order valence-electron chi connectivity index (χ2n) is 1.54. The standard InChI is InChI=1S/C4H11NO3S.Na/c1-3-5(4-2)9(6,7)8;/h3-4H2,1-2H3,(H,6,7,8);/q;+1/p-1. The van der Waals surface area contributed by atoms with Crippen LogP contribution in [0.4, 0.5) is 0 Å².